The molecule has 4 N–H and O–H groups in total. The van der Waals surface area contributed by atoms with Gasteiger partial charge in [0.05, 0.1) is 0 Å². The molecule has 0 aliphatic carbocycles. The van der Waals surface area contributed by atoms with Gasteiger partial charge in [-0.3, -0.25) is 30.7 Å². The van der Waals surface area contributed by atoms with Gasteiger partial charge < -0.3 is 4.18 Å². The van der Waals surface area contributed by atoms with Crippen LogP contribution in [-0.4, -0.2) is 23.8 Å². The number of hydrogen-bond donors (Lipinski definition) is 5. The van der Waals surface area contributed by atoms with Gasteiger partial charge in [-0.2, -0.15) is 0 Å². The molecule has 10 heteroatoms. The van der Waals surface area contributed by atoms with Crippen molar-refractivity contribution in [3.8, 4) is 0 Å². The summed E-state index contributed by atoms with van der Waals surface area (Å²) in [6, 6.07) is 0. The van der Waals surface area contributed by atoms with Gasteiger partial charge in [-0.1, -0.05) is 13.3 Å². The number of carbonyl (C=O) groups is 4. The fourth-order valence-electron chi connectivity index (χ4n) is 1.45. The zero-order valence-electron chi connectivity index (χ0n) is 12.4. The van der Waals surface area contributed by atoms with Gasteiger partial charge in [0.2, 0.25) is 17.7 Å². The number of hydrogen-bond acceptors (Lipinski definition) is 6. The molecule has 22 heavy (non-hydrogen) atoms. The highest BCUT2D eigenvalue weighted by Crippen LogP contribution is 2.02. The van der Waals surface area contributed by atoms with E-state index < -0.39 is 6.09 Å². The maximum absolute atomic E-state index is 11.4. The second-order valence-electron chi connectivity index (χ2n) is 4.46. The van der Waals surface area contributed by atoms with E-state index in [0.717, 1.165) is 0 Å². The Morgan fingerprint density at radius 1 is 0.773 bits per heavy atom. The lowest BCUT2D eigenvalue weighted by Crippen LogP contribution is -2.41. The molecule has 0 aromatic rings. The molecule has 0 unspecified atom stereocenters. The summed E-state index contributed by atoms with van der Waals surface area (Å²) in [5.41, 5.74) is 8.76. The average molecular weight is 334 g/mol. The molecule has 0 atom stereocenters. The summed E-state index contributed by atoms with van der Waals surface area (Å²) in [7, 11) is 0. The van der Waals surface area contributed by atoms with Crippen LogP contribution in [0.2, 0.25) is 0 Å². The highest BCUT2D eigenvalue weighted by molar-refractivity contribution is 7.75. The fraction of sp³-hybridized carbons (Fsp3) is 0.667. The van der Waals surface area contributed by atoms with Gasteiger partial charge in [-0.05, 0) is 19.3 Å². The smallest absolute Gasteiger partial charge is 0.377 e. The first-order valence-electron chi connectivity index (χ1n) is 6.97. The van der Waals surface area contributed by atoms with Gasteiger partial charge in [0.15, 0.2) is 0 Å². The van der Waals surface area contributed by atoms with Crippen LogP contribution < -0.4 is 21.7 Å². The molecule has 0 bridgehead atoms. The summed E-state index contributed by atoms with van der Waals surface area (Å²) in [5.74, 6) is -0.859. The van der Waals surface area contributed by atoms with Gasteiger partial charge in [-0.25, -0.2) is 10.2 Å². The molecule has 0 saturated heterocycles. The van der Waals surface area contributed by atoms with E-state index in [4.69, 9.17) is 0 Å². The van der Waals surface area contributed by atoms with E-state index in [1.165, 1.54) is 0 Å². The Labute approximate surface area is 134 Å². The van der Waals surface area contributed by atoms with Crippen molar-refractivity contribution in [3.63, 3.8) is 0 Å². The van der Waals surface area contributed by atoms with Crippen LogP contribution in [0.5, 0.6) is 0 Å². The van der Waals surface area contributed by atoms with Crippen LogP contribution >= 0.6 is 12.9 Å². The van der Waals surface area contributed by atoms with Crippen LogP contribution in [0.15, 0.2) is 0 Å². The van der Waals surface area contributed by atoms with Crippen molar-refractivity contribution in [3.05, 3.63) is 0 Å². The van der Waals surface area contributed by atoms with Gasteiger partial charge in [0.1, 0.15) is 0 Å². The van der Waals surface area contributed by atoms with Crippen LogP contribution in [0.25, 0.3) is 0 Å². The summed E-state index contributed by atoms with van der Waals surface area (Å²) in [5, 5.41) is 0. The maximum Gasteiger partial charge on any atom is 0.437 e. The molecular weight excluding hydrogens is 312 g/mol. The molecule has 0 aliphatic rings. The normalized spacial score (nSPS) is 9.55. The third kappa shape index (κ3) is 11.8. The minimum atomic E-state index is -0.876. The number of amides is 4. The van der Waals surface area contributed by atoms with E-state index in [2.05, 4.69) is 33.4 Å². The lowest BCUT2D eigenvalue weighted by atomic mass is 10.1. The van der Waals surface area contributed by atoms with Crippen molar-refractivity contribution in [2.45, 2.75) is 51.9 Å². The van der Waals surface area contributed by atoms with E-state index in [1.807, 2.05) is 12.3 Å². The van der Waals surface area contributed by atoms with Gasteiger partial charge in [0, 0.05) is 32.2 Å². The van der Waals surface area contributed by atoms with Crippen molar-refractivity contribution in [1.29, 1.82) is 0 Å². The van der Waals surface area contributed by atoms with Crippen LogP contribution in [-0.2, 0) is 18.6 Å². The Balaban J connectivity index is 3.52. The first kappa shape index (κ1) is 20.0. The van der Waals surface area contributed by atoms with Crippen molar-refractivity contribution in [1.82, 2.24) is 21.7 Å². The van der Waals surface area contributed by atoms with Crippen LogP contribution in [0.1, 0.15) is 51.9 Å². The Morgan fingerprint density at radius 2 is 1.23 bits per heavy atom. The predicted octanol–water partition coefficient (Wildman–Crippen LogP) is 0.487. The monoisotopic (exact) mass is 334 g/mol. The third-order valence-electron chi connectivity index (χ3n) is 2.51. The standard InChI is InChI=1S/C12H22N4O5S/c1-2-6-9(17)13-14-10(18)7-4-3-5-8-11(19)15-16-12(20)21-22/h22H,2-8H2,1H3,(H,13,17)(H,14,18)(H,15,19)(H,16,20). The Morgan fingerprint density at radius 3 is 1.68 bits per heavy atom. The van der Waals surface area contributed by atoms with E-state index in [9.17, 15) is 19.2 Å². The minimum absolute atomic E-state index is 0.210. The average Bonchev–Trinajstić information content (AvgIpc) is 2.50. The second kappa shape index (κ2) is 12.7. The second-order valence-corrected chi connectivity index (χ2v) is 4.64. The molecule has 0 aliphatic heterocycles. The predicted molar refractivity (Wildman–Crippen MR) is 81.0 cm³/mol. The molecule has 0 radical (unpaired) electrons. The number of thiol groups is 1. The van der Waals surface area contributed by atoms with Gasteiger partial charge >= 0.3 is 6.09 Å². The van der Waals surface area contributed by atoms with Gasteiger partial charge in [-0.15, -0.1) is 0 Å². The Kier molecular flexibility index (Phi) is 11.6. The molecule has 0 aromatic heterocycles. The Bertz CT molecular complexity index is 392. The largest absolute Gasteiger partial charge is 0.437 e. The van der Waals surface area contributed by atoms with Crippen molar-refractivity contribution in [2.24, 2.45) is 0 Å². The Hall–Kier alpha value is -1.97. The van der Waals surface area contributed by atoms with Crippen molar-refractivity contribution >= 4 is 36.7 Å². The van der Waals surface area contributed by atoms with Crippen molar-refractivity contribution < 1.29 is 23.4 Å². The maximum atomic E-state index is 11.4. The molecule has 9 nitrogen and oxygen atoms in total. The van der Waals surface area contributed by atoms with Crippen LogP contribution in [0.3, 0.4) is 0 Å². The molecule has 0 heterocycles. The molecule has 0 rings (SSSR count). The minimum Gasteiger partial charge on any atom is -0.377 e. The number of nitrogens with one attached hydrogen (secondary N) is 4. The molecule has 126 valence electrons. The third-order valence-corrected chi connectivity index (χ3v) is 2.68. The topological polar surface area (TPSA) is 126 Å². The number of hydrazine groups is 2. The number of rotatable bonds is 8. The van der Waals surface area contributed by atoms with E-state index in [0.29, 0.717) is 32.1 Å². The van der Waals surface area contributed by atoms with Crippen LogP contribution in [0, 0.1) is 0 Å². The van der Waals surface area contributed by atoms with E-state index in [-0.39, 0.29) is 30.6 Å². The molecule has 4 amide bonds. The van der Waals surface area contributed by atoms with E-state index in [1.54, 1.807) is 0 Å². The lowest BCUT2D eigenvalue weighted by Gasteiger charge is -2.07. The zero-order chi connectivity index (χ0) is 16.8. The number of unbranched alkanes of at least 4 members (excludes halogenated alkanes) is 2. The fourth-order valence-corrected chi connectivity index (χ4v) is 1.49. The lowest BCUT2D eigenvalue weighted by molar-refractivity contribution is -0.129. The highest BCUT2D eigenvalue weighted by Gasteiger charge is 2.06. The summed E-state index contributed by atoms with van der Waals surface area (Å²) in [6.07, 6.45) is 2.50. The summed E-state index contributed by atoms with van der Waals surface area (Å²) in [6.45, 7) is 1.87. The summed E-state index contributed by atoms with van der Waals surface area (Å²) in [4.78, 5) is 44.4. The molecule has 0 saturated carbocycles. The summed E-state index contributed by atoms with van der Waals surface area (Å²) < 4.78 is 3.98. The molecule has 0 aromatic carbocycles. The first-order chi connectivity index (χ1) is 10.5. The van der Waals surface area contributed by atoms with Gasteiger partial charge in [0.25, 0.3) is 0 Å². The van der Waals surface area contributed by atoms with Crippen LogP contribution in [0.4, 0.5) is 4.79 Å². The first-order valence-corrected chi connectivity index (χ1v) is 7.34. The summed E-state index contributed by atoms with van der Waals surface area (Å²) >= 11 is 3.25. The number of carbonyl (C=O) groups excluding carboxylic acids is 4. The van der Waals surface area contributed by atoms with E-state index >= 15 is 0 Å². The SMILES string of the molecule is CCCC(=O)NNC(=O)CCCCCC(=O)NNC(=O)OS. The molecule has 0 fully saturated rings. The molecular formula is C12H22N4O5S. The highest BCUT2D eigenvalue weighted by atomic mass is 32.1. The quantitative estimate of drug-likeness (QED) is 0.191. The van der Waals surface area contributed by atoms with Crippen molar-refractivity contribution in [2.75, 3.05) is 0 Å². The zero-order valence-corrected chi connectivity index (χ0v) is 13.3. The molecule has 0 spiro atoms.